The van der Waals surface area contributed by atoms with Crippen LogP contribution in [0.25, 0.3) is 0 Å². The van der Waals surface area contributed by atoms with Crippen LogP contribution < -0.4 is 0 Å². The summed E-state index contributed by atoms with van der Waals surface area (Å²) in [5.41, 5.74) is 0. The number of esters is 3. The SMILES string of the molecule is CCCCCCC/C=C\C/C=C\C/C=C\CCCCCCCCCCC(=O)OCC(COC(=O)CCCCCCCCC)OC(=O)CCCCCCC/C=C\CCCCCCC. The van der Waals surface area contributed by atoms with E-state index >= 15 is 0 Å². The predicted octanol–water partition coefficient (Wildman–Crippen LogP) is 17.5. The average Bonchev–Trinajstić information content (AvgIpc) is 3.27. The molecule has 0 saturated heterocycles. The summed E-state index contributed by atoms with van der Waals surface area (Å²) in [4.78, 5) is 37.8. The molecular formula is C56H100O6. The van der Waals surface area contributed by atoms with Gasteiger partial charge < -0.3 is 14.2 Å². The fourth-order valence-electron chi connectivity index (χ4n) is 7.50. The van der Waals surface area contributed by atoms with E-state index in [1.807, 2.05) is 0 Å². The van der Waals surface area contributed by atoms with E-state index in [9.17, 15) is 14.4 Å². The molecule has 62 heavy (non-hydrogen) atoms. The summed E-state index contributed by atoms with van der Waals surface area (Å²) in [6, 6.07) is 0. The highest BCUT2D eigenvalue weighted by atomic mass is 16.6. The summed E-state index contributed by atoms with van der Waals surface area (Å²) in [5.74, 6) is -0.894. The van der Waals surface area contributed by atoms with Crippen LogP contribution in [0, 0.1) is 0 Å². The van der Waals surface area contributed by atoms with Crippen LogP contribution in [-0.2, 0) is 28.6 Å². The molecule has 1 unspecified atom stereocenters. The number of rotatable bonds is 48. The molecular weight excluding hydrogens is 769 g/mol. The molecule has 0 aliphatic rings. The van der Waals surface area contributed by atoms with Gasteiger partial charge in [0.05, 0.1) is 0 Å². The Labute approximate surface area is 384 Å². The van der Waals surface area contributed by atoms with Gasteiger partial charge in [-0.1, -0.05) is 217 Å². The van der Waals surface area contributed by atoms with Gasteiger partial charge in [0.25, 0.3) is 0 Å². The summed E-state index contributed by atoms with van der Waals surface area (Å²) in [6.07, 6.45) is 61.1. The molecule has 0 spiro atoms. The minimum Gasteiger partial charge on any atom is -0.462 e. The first kappa shape index (κ1) is 59.4. The van der Waals surface area contributed by atoms with Gasteiger partial charge >= 0.3 is 17.9 Å². The van der Waals surface area contributed by atoms with Crippen LogP contribution in [0.1, 0.15) is 271 Å². The Balaban J connectivity index is 4.21. The Morgan fingerprint density at radius 1 is 0.323 bits per heavy atom. The first-order valence-electron chi connectivity index (χ1n) is 26.6. The third-order valence-electron chi connectivity index (χ3n) is 11.6. The second-order valence-electron chi connectivity index (χ2n) is 17.8. The van der Waals surface area contributed by atoms with Crippen molar-refractivity contribution in [2.45, 2.75) is 277 Å². The fraction of sp³-hybridized carbons (Fsp3) is 0.804. The van der Waals surface area contributed by atoms with Crippen molar-refractivity contribution in [2.24, 2.45) is 0 Å². The molecule has 0 heterocycles. The third-order valence-corrected chi connectivity index (χ3v) is 11.6. The molecule has 0 aromatic carbocycles. The number of unbranched alkanes of at least 4 members (excludes halogenated alkanes) is 29. The summed E-state index contributed by atoms with van der Waals surface area (Å²) in [6.45, 7) is 6.57. The zero-order valence-electron chi connectivity index (χ0n) is 41.1. The summed E-state index contributed by atoms with van der Waals surface area (Å²) < 4.78 is 16.7. The summed E-state index contributed by atoms with van der Waals surface area (Å²) >= 11 is 0. The zero-order valence-corrected chi connectivity index (χ0v) is 41.1. The molecule has 0 fully saturated rings. The highest BCUT2D eigenvalue weighted by molar-refractivity contribution is 5.71. The Morgan fingerprint density at radius 3 is 0.919 bits per heavy atom. The van der Waals surface area contributed by atoms with Crippen molar-refractivity contribution < 1.29 is 28.6 Å². The van der Waals surface area contributed by atoms with Gasteiger partial charge in [-0.15, -0.1) is 0 Å². The number of hydrogen-bond donors (Lipinski definition) is 0. The van der Waals surface area contributed by atoms with E-state index < -0.39 is 6.10 Å². The molecule has 0 aromatic heterocycles. The predicted molar refractivity (Wildman–Crippen MR) is 265 cm³/mol. The Morgan fingerprint density at radius 2 is 0.581 bits per heavy atom. The van der Waals surface area contributed by atoms with Gasteiger partial charge in [-0.05, 0) is 83.5 Å². The number of ether oxygens (including phenoxy) is 3. The van der Waals surface area contributed by atoms with Gasteiger partial charge in [0.15, 0.2) is 6.10 Å². The first-order chi connectivity index (χ1) is 30.5. The van der Waals surface area contributed by atoms with Crippen molar-refractivity contribution >= 4 is 17.9 Å². The Bertz CT molecular complexity index is 1090. The van der Waals surface area contributed by atoms with Gasteiger partial charge in [-0.3, -0.25) is 14.4 Å². The molecule has 0 aliphatic heterocycles. The maximum atomic E-state index is 12.7. The van der Waals surface area contributed by atoms with Gasteiger partial charge in [0, 0.05) is 19.3 Å². The van der Waals surface area contributed by atoms with Crippen molar-refractivity contribution in [3.63, 3.8) is 0 Å². The quantitative estimate of drug-likeness (QED) is 0.0262. The Kier molecular flexibility index (Phi) is 48.8. The van der Waals surface area contributed by atoms with E-state index in [4.69, 9.17) is 14.2 Å². The van der Waals surface area contributed by atoms with Crippen LogP contribution in [0.5, 0.6) is 0 Å². The van der Waals surface area contributed by atoms with Crippen molar-refractivity contribution in [3.8, 4) is 0 Å². The molecule has 0 aliphatic carbocycles. The number of carbonyl (C=O) groups excluding carboxylic acids is 3. The van der Waals surface area contributed by atoms with Gasteiger partial charge in [0.1, 0.15) is 13.2 Å². The maximum Gasteiger partial charge on any atom is 0.306 e. The molecule has 0 saturated carbocycles. The van der Waals surface area contributed by atoms with Crippen LogP contribution in [-0.4, -0.2) is 37.2 Å². The highest BCUT2D eigenvalue weighted by Gasteiger charge is 2.19. The summed E-state index contributed by atoms with van der Waals surface area (Å²) in [5, 5.41) is 0. The average molecular weight is 869 g/mol. The van der Waals surface area contributed by atoms with E-state index in [1.165, 1.54) is 141 Å². The number of hydrogen-bond acceptors (Lipinski definition) is 6. The third kappa shape index (κ3) is 48.4. The highest BCUT2D eigenvalue weighted by Crippen LogP contribution is 2.14. The van der Waals surface area contributed by atoms with E-state index in [0.29, 0.717) is 19.3 Å². The van der Waals surface area contributed by atoms with Crippen molar-refractivity contribution in [1.82, 2.24) is 0 Å². The first-order valence-corrected chi connectivity index (χ1v) is 26.6. The fourth-order valence-corrected chi connectivity index (χ4v) is 7.50. The minimum absolute atomic E-state index is 0.0777. The number of allylic oxidation sites excluding steroid dienone is 8. The van der Waals surface area contributed by atoms with Crippen molar-refractivity contribution in [3.05, 3.63) is 48.6 Å². The molecule has 6 nitrogen and oxygen atoms in total. The van der Waals surface area contributed by atoms with Crippen LogP contribution in [0.3, 0.4) is 0 Å². The van der Waals surface area contributed by atoms with Crippen LogP contribution in [0.15, 0.2) is 48.6 Å². The van der Waals surface area contributed by atoms with Gasteiger partial charge in [0.2, 0.25) is 0 Å². The van der Waals surface area contributed by atoms with E-state index in [2.05, 4.69) is 69.4 Å². The zero-order chi connectivity index (χ0) is 45.1. The lowest BCUT2D eigenvalue weighted by Gasteiger charge is -2.18. The largest absolute Gasteiger partial charge is 0.462 e. The topological polar surface area (TPSA) is 78.9 Å². The molecule has 1 atom stereocenters. The molecule has 0 aromatic rings. The molecule has 0 N–H and O–H groups in total. The van der Waals surface area contributed by atoms with Crippen LogP contribution >= 0.6 is 0 Å². The number of carbonyl (C=O) groups is 3. The maximum absolute atomic E-state index is 12.7. The Hall–Kier alpha value is -2.63. The lowest BCUT2D eigenvalue weighted by atomic mass is 10.1. The van der Waals surface area contributed by atoms with Crippen molar-refractivity contribution in [1.29, 1.82) is 0 Å². The second kappa shape index (κ2) is 51.0. The molecule has 6 heteroatoms. The van der Waals surface area contributed by atoms with Gasteiger partial charge in [-0.25, -0.2) is 0 Å². The van der Waals surface area contributed by atoms with Crippen LogP contribution in [0.4, 0.5) is 0 Å². The smallest absolute Gasteiger partial charge is 0.306 e. The molecule has 0 bridgehead atoms. The van der Waals surface area contributed by atoms with E-state index in [0.717, 1.165) is 89.9 Å². The summed E-state index contributed by atoms with van der Waals surface area (Å²) in [7, 11) is 0. The van der Waals surface area contributed by atoms with E-state index in [-0.39, 0.29) is 31.1 Å². The second-order valence-corrected chi connectivity index (χ2v) is 17.8. The minimum atomic E-state index is -0.776. The monoisotopic (exact) mass is 869 g/mol. The standard InChI is InChI=1S/C56H100O6/c1-4-7-10-13-16-18-20-22-24-25-26-27-28-29-30-31-32-34-35-37-40-43-46-49-55(58)61-52-53(51-60-54(57)48-45-42-39-15-12-9-6-3)62-56(59)50-47-44-41-38-36-33-23-21-19-17-14-11-8-5-2/h20-23,25-26,28-29,53H,4-19,24,27,30-52H2,1-3H3/b22-20-,23-21-,26-25-,29-28-. The van der Waals surface area contributed by atoms with Gasteiger partial charge in [-0.2, -0.15) is 0 Å². The molecule has 0 rings (SSSR count). The normalized spacial score (nSPS) is 12.4. The van der Waals surface area contributed by atoms with E-state index in [1.54, 1.807) is 0 Å². The lowest BCUT2D eigenvalue weighted by molar-refractivity contribution is -0.167. The van der Waals surface area contributed by atoms with Crippen LogP contribution in [0.2, 0.25) is 0 Å². The molecule has 0 radical (unpaired) electrons. The molecule has 0 amide bonds. The lowest BCUT2D eigenvalue weighted by Crippen LogP contribution is -2.30. The van der Waals surface area contributed by atoms with Crippen molar-refractivity contribution in [2.75, 3.05) is 13.2 Å². The molecule has 360 valence electrons.